The summed E-state index contributed by atoms with van der Waals surface area (Å²) < 4.78 is 0. The Labute approximate surface area is 153 Å². The lowest BCUT2D eigenvalue weighted by atomic mass is 10.0. The highest BCUT2D eigenvalue weighted by molar-refractivity contribution is 6.30. The fraction of sp³-hybridized carbons (Fsp3) is 0.333. The van der Waals surface area contributed by atoms with Gasteiger partial charge in [-0.25, -0.2) is 0 Å². The molecule has 1 aliphatic carbocycles. The van der Waals surface area contributed by atoms with Gasteiger partial charge in [0.15, 0.2) is 0 Å². The van der Waals surface area contributed by atoms with Gasteiger partial charge in [0.05, 0.1) is 23.8 Å². The van der Waals surface area contributed by atoms with Gasteiger partial charge in [-0.05, 0) is 74.1 Å². The van der Waals surface area contributed by atoms with Gasteiger partial charge in [-0.2, -0.15) is 0 Å². The lowest BCUT2D eigenvalue weighted by Gasteiger charge is -2.25. The number of rotatable bonds is 2. The van der Waals surface area contributed by atoms with Crippen LogP contribution in [0.25, 0.3) is 0 Å². The fourth-order valence-corrected chi connectivity index (χ4v) is 3.97. The largest absolute Gasteiger partial charge is 0.305 e. The molecule has 3 nitrogen and oxygen atoms in total. The predicted octanol–water partition coefficient (Wildman–Crippen LogP) is 5.38. The number of benzene rings is 2. The Morgan fingerprint density at radius 2 is 2.00 bits per heavy atom. The first-order valence-corrected chi connectivity index (χ1v) is 9.15. The number of carbonyl (C=O) groups excluding carboxylic acids is 1. The maximum absolute atomic E-state index is 13.3. The molecule has 128 valence electrons. The van der Waals surface area contributed by atoms with Crippen molar-refractivity contribution < 1.29 is 4.79 Å². The molecular formula is C21H21ClN2O. The lowest BCUT2D eigenvalue weighted by Crippen LogP contribution is -2.36. The predicted molar refractivity (Wildman–Crippen MR) is 103 cm³/mol. The van der Waals surface area contributed by atoms with Gasteiger partial charge in [0.25, 0.3) is 0 Å². The molecule has 1 heterocycles. The summed E-state index contributed by atoms with van der Waals surface area (Å²) >= 11 is 6.14. The van der Waals surface area contributed by atoms with E-state index in [1.54, 1.807) is 0 Å². The summed E-state index contributed by atoms with van der Waals surface area (Å²) in [6.45, 7) is 4.70. The third-order valence-corrected chi connectivity index (χ3v) is 5.50. The van der Waals surface area contributed by atoms with Crippen LogP contribution in [-0.2, 0) is 11.3 Å². The quantitative estimate of drug-likeness (QED) is 0.714. The van der Waals surface area contributed by atoms with Gasteiger partial charge in [-0.3, -0.25) is 9.79 Å². The Morgan fingerprint density at radius 1 is 1.20 bits per heavy atom. The minimum atomic E-state index is -0.0767. The van der Waals surface area contributed by atoms with Gasteiger partial charge >= 0.3 is 0 Å². The van der Waals surface area contributed by atoms with Gasteiger partial charge in [0.1, 0.15) is 0 Å². The van der Waals surface area contributed by atoms with Crippen LogP contribution in [0.2, 0.25) is 5.02 Å². The van der Waals surface area contributed by atoms with Crippen LogP contribution in [0.15, 0.2) is 41.4 Å². The van der Waals surface area contributed by atoms with E-state index in [2.05, 4.69) is 26.0 Å². The second-order valence-electron chi connectivity index (χ2n) is 7.03. The van der Waals surface area contributed by atoms with Crippen LogP contribution in [0.4, 0.5) is 11.4 Å². The maximum Gasteiger partial charge on any atom is 0.236 e. The molecule has 1 saturated carbocycles. The molecule has 1 fully saturated rings. The number of hydrogen-bond acceptors (Lipinski definition) is 2. The highest BCUT2D eigenvalue weighted by atomic mass is 35.5. The van der Waals surface area contributed by atoms with Crippen molar-refractivity contribution in [1.29, 1.82) is 0 Å². The Morgan fingerprint density at radius 3 is 2.80 bits per heavy atom. The standard InChI is InChI=1S/C21H21ClN2O/c1-13-9-19-20(10-14(13)2)24(12-15-5-3-6-16(22)11-15)21(25)17-7-4-8-18(17)23-19/h3,5-6,9-11,17H,4,7-8,12H2,1-2H3/t17-/m1/s1. The number of amides is 1. The molecule has 0 unspecified atom stereocenters. The third kappa shape index (κ3) is 2.98. The molecule has 1 amide bonds. The number of carbonyl (C=O) groups is 1. The zero-order valence-corrected chi connectivity index (χ0v) is 15.3. The number of anilines is 1. The van der Waals surface area contributed by atoms with Crippen LogP contribution >= 0.6 is 11.6 Å². The van der Waals surface area contributed by atoms with Gasteiger partial charge in [-0.1, -0.05) is 23.7 Å². The fourth-order valence-electron chi connectivity index (χ4n) is 3.76. The Bertz CT molecular complexity index is 887. The molecule has 1 atom stereocenters. The van der Waals surface area contributed by atoms with E-state index in [-0.39, 0.29) is 11.8 Å². The maximum atomic E-state index is 13.3. The SMILES string of the molecule is Cc1cc2c(cc1C)N(Cc1cccc(Cl)c1)C(=O)[C@@H]1CCCC1=N2. The zero-order chi connectivity index (χ0) is 17.6. The molecule has 0 saturated heterocycles. The van der Waals surface area contributed by atoms with Gasteiger partial charge < -0.3 is 4.90 Å². The number of nitrogens with zero attached hydrogens (tertiary/aromatic N) is 2. The summed E-state index contributed by atoms with van der Waals surface area (Å²) in [7, 11) is 0. The molecule has 2 aliphatic rings. The second kappa shape index (κ2) is 6.30. The average molecular weight is 353 g/mol. The van der Waals surface area contributed by atoms with Crippen LogP contribution in [-0.4, -0.2) is 11.6 Å². The van der Waals surface area contributed by atoms with Crippen molar-refractivity contribution in [3.8, 4) is 0 Å². The summed E-state index contributed by atoms with van der Waals surface area (Å²) in [6.07, 6.45) is 2.86. The van der Waals surface area contributed by atoms with Crippen molar-refractivity contribution in [2.45, 2.75) is 39.7 Å². The van der Waals surface area contributed by atoms with Crippen LogP contribution in [0.1, 0.15) is 36.0 Å². The highest BCUT2D eigenvalue weighted by Gasteiger charge is 2.36. The molecule has 0 spiro atoms. The number of halogens is 1. The highest BCUT2D eigenvalue weighted by Crippen LogP contribution is 2.40. The summed E-state index contributed by atoms with van der Waals surface area (Å²) in [5, 5.41) is 0.692. The number of fused-ring (bicyclic) bond motifs is 2. The molecule has 0 aromatic heterocycles. The van der Waals surface area contributed by atoms with Crippen LogP contribution in [0, 0.1) is 19.8 Å². The minimum absolute atomic E-state index is 0.0767. The first-order valence-electron chi connectivity index (χ1n) is 8.77. The molecular weight excluding hydrogens is 332 g/mol. The monoisotopic (exact) mass is 352 g/mol. The Balaban J connectivity index is 1.83. The van der Waals surface area contributed by atoms with E-state index in [1.807, 2.05) is 29.2 Å². The number of hydrogen-bond donors (Lipinski definition) is 0. The molecule has 2 aromatic carbocycles. The molecule has 2 aromatic rings. The van der Waals surface area contributed by atoms with E-state index in [9.17, 15) is 4.79 Å². The summed E-state index contributed by atoms with van der Waals surface area (Å²) in [4.78, 5) is 20.1. The van der Waals surface area contributed by atoms with Crippen molar-refractivity contribution >= 4 is 34.6 Å². The normalized spacial score (nSPS) is 19.3. The number of aliphatic imine (C=N–C) groups is 1. The van der Waals surface area contributed by atoms with Gasteiger partial charge in [-0.15, -0.1) is 0 Å². The summed E-state index contributed by atoms with van der Waals surface area (Å²) in [5.41, 5.74) is 6.28. The van der Waals surface area contributed by atoms with E-state index in [0.29, 0.717) is 11.6 Å². The first-order chi connectivity index (χ1) is 12.0. The molecule has 4 heteroatoms. The van der Waals surface area contributed by atoms with Gasteiger partial charge in [0, 0.05) is 10.7 Å². The topological polar surface area (TPSA) is 32.7 Å². The van der Waals surface area contributed by atoms with Crippen molar-refractivity contribution in [3.05, 3.63) is 58.1 Å². The first kappa shape index (κ1) is 16.3. The van der Waals surface area contributed by atoms with E-state index < -0.39 is 0 Å². The molecule has 0 bridgehead atoms. The van der Waals surface area contributed by atoms with E-state index in [0.717, 1.165) is 41.9 Å². The van der Waals surface area contributed by atoms with Gasteiger partial charge in [0.2, 0.25) is 5.91 Å². The Hall–Kier alpha value is -2.13. The van der Waals surface area contributed by atoms with E-state index in [1.165, 1.54) is 11.1 Å². The van der Waals surface area contributed by atoms with E-state index >= 15 is 0 Å². The zero-order valence-electron chi connectivity index (χ0n) is 14.6. The molecule has 1 aliphatic heterocycles. The van der Waals surface area contributed by atoms with Crippen LogP contribution in [0.3, 0.4) is 0 Å². The molecule has 25 heavy (non-hydrogen) atoms. The number of aryl methyl sites for hydroxylation is 2. The van der Waals surface area contributed by atoms with Crippen molar-refractivity contribution in [2.24, 2.45) is 10.9 Å². The molecule has 0 N–H and O–H groups in total. The molecule has 0 radical (unpaired) electrons. The summed E-state index contributed by atoms with van der Waals surface area (Å²) in [6, 6.07) is 11.9. The Kier molecular flexibility index (Phi) is 4.12. The minimum Gasteiger partial charge on any atom is -0.305 e. The average Bonchev–Trinajstić information content (AvgIpc) is 3.00. The lowest BCUT2D eigenvalue weighted by molar-refractivity contribution is -0.120. The van der Waals surface area contributed by atoms with Crippen molar-refractivity contribution in [1.82, 2.24) is 0 Å². The van der Waals surface area contributed by atoms with Crippen molar-refractivity contribution in [3.63, 3.8) is 0 Å². The van der Waals surface area contributed by atoms with Crippen LogP contribution < -0.4 is 4.90 Å². The summed E-state index contributed by atoms with van der Waals surface area (Å²) in [5.74, 6) is 0.0884. The van der Waals surface area contributed by atoms with Crippen LogP contribution in [0.5, 0.6) is 0 Å². The third-order valence-electron chi connectivity index (χ3n) is 5.27. The van der Waals surface area contributed by atoms with Crippen molar-refractivity contribution in [2.75, 3.05) is 4.90 Å². The van der Waals surface area contributed by atoms with E-state index in [4.69, 9.17) is 16.6 Å². The molecule has 4 rings (SSSR count). The smallest absolute Gasteiger partial charge is 0.236 e. The second-order valence-corrected chi connectivity index (χ2v) is 7.46.